The van der Waals surface area contributed by atoms with Crippen molar-refractivity contribution in [1.29, 1.82) is 0 Å². The second kappa shape index (κ2) is 3.48. The van der Waals surface area contributed by atoms with E-state index in [4.69, 9.17) is 4.42 Å². The quantitative estimate of drug-likeness (QED) is 0.767. The fourth-order valence-corrected chi connectivity index (χ4v) is 3.40. The summed E-state index contributed by atoms with van der Waals surface area (Å²) < 4.78 is 6.04. The van der Waals surface area contributed by atoms with E-state index in [1.807, 2.05) is 0 Å². The second-order valence-corrected chi connectivity index (χ2v) is 5.45. The topological polar surface area (TPSA) is 30.2 Å². The molecule has 3 rings (SSSR count). The number of fused-ring (bicyclic) bond motifs is 1. The zero-order valence-corrected chi connectivity index (χ0v) is 10.00. The van der Waals surface area contributed by atoms with E-state index >= 15 is 0 Å². The van der Waals surface area contributed by atoms with E-state index in [1.54, 1.807) is 12.3 Å². The van der Waals surface area contributed by atoms with Gasteiger partial charge in [-0.1, -0.05) is 12.8 Å². The molecule has 1 aromatic heterocycles. The highest BCUT2D eigenvalue weighted by Crippen LogP contribution is 2.56. The second-order valence-electron chi connectivity index (χ2n) is 4.60. The molecule has 0 bridgehead atoms. The third-order valence-electron chi connectivity index (χ3n) is 3.80. The number of rotatable bonds is 2. The molecule has 2 unspecified atom stereocenters. The first kappa shape index (κ1) is 9.64. The van der Waals surface area contributed by atoms with E-state index < -0.39 is 0 Å². The Labute approximate surface area is 97.2 Å². The normalized spacial score (nSPS) is 33.5. The number of hydrogen-bond acceptors (Lipinski definition) is 2. The van der Waals surface area contributed by atoms with E-state index in [-0.39, 0.29) is 11.7 Å². The minimum Gasteiger partial charge on any atom is -0.460 e. The predicted molar refractivity (Wildman–Crippen MR) is 59.7 cm³/mol. The van der Waals surface area contributed by atoms with Gasteiger partial charge in [0.2, 0.25) is 5.78 Å². The molecule has 2 aliphatic rings. The van der Waals surface area contributed by atoms with E-state index in [2.05, 4.69) is 15.9 Å². The average Bonchev–Trinajstić information content (AvgIpc) is 2.83. The number of carbonyl (C=O) groups is 1. The van der Waals surface area contributed by atoms with Crippen molar-refractivity contribution in [1.82, 2.24) is 0 Å². The standard InChI is InChI=1S/C12H13BrO2/c13-9-5-6-15-12(9)11(14)10-7-3-1-2-4-8(7)10/h5-8,10H,1-4H2. The first-order valence-electron chi connectivity index (χ1n) is 5.56. The summed E-state index contributed by atoms with van der Waals surface area (Å²) in [6.45, 7) is 0. The Bertz CT molecular complexity index is 384. The van der Waals surface area contributed by atoms with E-state index in [1.165, 1.54) is 25.7 Å². The maximum absolute atomic E-state index is 12.1. The van der Waals surface area contributed by atoms with Crippen LogP contribution in [0.3, 0.4) is 0 Å². The number of halogens is 1. The Morgan fingerprint density at radius 2 is 2.00 bits per heavy atom. The van der Waals surface area contributed by atoms with Crippen LogP contribution in [0.2, 0.25) is 0 Å². The molecule has 1 heterocycles. The zero-order valence-electron chi connectivity index (χ0n) is 8.41. The number of carbonyl (C=O) groups excluding carboxylic acids is 1. The van der Waals surface area contributed by atoms with Crippen molar-refractivity contribution < 1.29 is 9.21 Å². The van der Waals surface area contributed by atoms with Crippen molar-refractivity contribution >= 4 is 21.7 Å². The van der Waals surface area contributed by atoms with E-state index in [9.17, 15) is 4.79 Å². The van der Waals surface area contributed by atoms with Gasteiger partial charge in [0.1, 0.15) is 0 Å². The lowest BCUT2D eigenvalue weighted by Crippen LogP contribution is -2.03. The molecule has 15 heavy (non-hydrogen) atoms. The van der Waals surface area contributed by atoms with Gasteiger partial charge in [-0.25, -0.2) is 0 Å². The van der Waals surface area contributed by atoms with Crippen molar-refractivity contribution in [2.45, 2.75) is 25.7 Å². The molecular weight excluding hydrogens is 256 g/mol. The molecule has 3 heteroatoms. The summed E-state index contributed by atoms with van der Waals surface area (Å²) in [5, 5.41) is 0. The van der Waals surface area contributed by atoms with E-state index in [0.29, 0.717) is 17.6 Å². The molecule has 0 amide bonds. The number of ketones is 1. The molecule has 2 nitrogen and oxygen atoms in total. The lowest BCUT2D eigenvalue weighted by Gasteiger charge is -2.04. The summed E-state index contributed by atoms with van der Waals surface area (Å²) in [6.07, 6.45) is 6.64. The van der Waals surface area contributed by atoms with Crippen LogP contribution >= 0.6 is 15.9 Å². The molecule has 0 radical (unpaired) electrons. The molecule has 1 aromatic rings. The van der Waals surface area contributed by atoms with Gasteiger partial charge in [0.15, 0.2) is 5.76 Å². The number of hydrogen-bond donors (Lipinski definition) is 0. The van der Waals surface area contributed by atoms with Crippen LogP contribution in [0.1, 0.15) is 36.2 Å². The monoisotopic (exact) mass is 268 g/mol. The Morgan fingerprint density at radius 1 is 1.33 bits per heavy atom. The molecule has 0 saturated heterocycles. The molecule has 80 valence electrons. The molecule has 0 spiro atoms. The lowest BCUT2D eigenvalue weighted by atomic mass is 10.0. The number of furan rings is 1. The summed E-state index contributed by atoms with van der Waals surface area (Å²) in [7, 11) is 0. The van der Waals surface area contributed by atoms with Gasteiger partial charge in [0, 0.05) is 5.92 Å². The Hall–Kier alpha value is -0.570. The van der Waals surface area contributed by atoms with Crippen molar-refractivity contribution in [3.8, 4) is 0 Å². The van der Waals surface area contributed by atoms with Crippen LogP contribution in [-0.4, -0.2) is 5.78 Å². The molecule has 2 fully saturated rings. The van der Waals surface area contributed by atoms with Crippen LogP contribution in [0.15, 0.2) is 21.2 Å². The van der Waals surface area contributed by atoms with Gasteiger partial charge < -0.3 is 4.42 Å². The Morgan fingerprint density at radius 3 is 2.53 bits per heavy atom. The summed E-state index contributed by atoms with van der Waals surface area (Å²) in [5.74, 6) is 2.31. The molecule has 2 atom stereocenters. The van der Waals surface area contributed by atoms with Gasteiger partial charge in [-0.3, -0.25) is 4.79 Å². The maximum Gasteiger partial charge on any atom is 0.202 e. The average molecular weight is 269 g/mol. The van der Waals surface area contributed by atoms with E-state index in [0.717, 1.165) is 4.47 Å². The molecular formula is C12H13BrO2. The Kier molecular flexibility index (Phi) is 2.23. The summed E-state index contributed by atoms with van der Waals surface area (Å²) in [6, 6.07) is 1.79. The third kappa shape index (κ3) is 1.48. The van der Waals surface area contributed by atoms with Crippen LogP contribution < -0.4 is 0 Å². The molecule has 0 N–H and O–H groups in total. The van der Waals surface area contributed by atoms with Crippen molar-refractivity contribution in [2.24, 2.45) is 17.8 Å². The van der Waals surface area contributed by atoms with Gasteiger partial charge >= 0.3 is 0 Å². The lowest BCUT2D eigenvalue weighted by molar-refractivity contribution is 0.0927. The first-order valence-corrected chi connectivity index (χ1v) is 6.35. The fourth-order valence-electron chi connectivity index (χ4n) is 3.00. The molecule has 2 saturated carbocycles. The molecule has 0 aliphatic heterocycles. The van der Waals surface area contributed by atoms with Crippen LogP contribution in [0.25, 0.3) is 0 Å². The molecule has 2 aliphatic carbocycles. The van der Waals surface area contributed by atoms with Gasteiger partial charge in [0.25, 0.3) is 0 Å². The fraction of sp³-hybridized carbons (Fsp3) is 0.583. The zero-order chi connectivity index (χ0) is 10.4. The van der Waals surface area contributed by atoms with Crippen LogP contribution in [0.4, 0.5) is 0 Å². The van der Waals surface area contributed by atoms with Gasteiger partial charge in [-0.2, -0.15) is 0 Å². The minimum atomic E-state index is 0.212. The number of Topliss-reactive ketones (excluding diaryl/α,β-unsaturated/α-hetero) is 1. The predicted octanol–water partition coefficient (Wildman–Crippen LogP) is 3.66. The maximum atomic E-state index is 12.1. The van der Waals surface area contributed by atoms with Crippen LogP contribution in [0.5, 0.6) is 0 Å². The highest BCUT2D eigenvalue weighted by Gasteiger charge is 2.55. The van der Waals surface area contributed by atoms with Crippen molar-refractivity contribution in [2.75, 3.05) is 0 Å². The van der Waals surface area contributed by atoms with Crippen LogP contribution in [0, 0.1) is 17.8 Å². The first-order chi connectivity index (χ1) is 7.29. The van der Waals surface area contributed by atoms with Gasteiger partial charge in [0.05, 0.1) is 10.7 Å². The summed E-state index contributed by atoms with van der Waals surface area (Å²) >= 11 is 3.35. The van der Waals surface area contributed by atoms with Crippen molar-refractivity contribution in [3.63, 3.8) is 0 Å². The highest BCUT2D eigenvalue weighted by atomic mass is 79.9. The summed E-state index contributed by atoms with van der Waals surface area (Å²) in [4.78, 5) is 12.1. The Balaban J connectivity index is 1.79. The summed E-state index contributed by atoms with van der Waals surface area (Å²) in [5.41, 5.74) is 0. The van der Waals surface area contributed by atoms with Gasteiger partial charge in [-0.15, -0.1) is 0 Å². The highest BCUT2D eigenvalue weighted by molar-refractivity contribution is 9.10. The SMILES string of the molecule is O=C(c1occc1Br)C1C2CCCCC21. The molecule has 0 aromatic carbocycles. The van der Waals surface area contributed by atoms with Crippen molar-refractivity contribution in [3.05, 3.63) is 22.6 Å². The van der Waals surface area contributed by atoms with Gasteiger partial charge in [-0.05, 0) is 46.7 Å². The largest absolute Gasteiger partial charge is 0.460 e. The third-order valence-corrected chi connectivity index (χ3v) is 4.42. The van der Waals surface area contributed by atoms with Crippen LogP contribution in [-0.2, 0) is 0 Å². The minimum absolute atomic E-state index is 0.212. The smallest absolute Gasteiger partial charge is 0.202 e.